The van der Waals surface area contributed by atoms with Crippen LogP contribution < -0.4 is 30.9 Å². The maximum atomic E-state index is 14.7. The van der Waals surface area contributed by atoms with Crippen LogP contribution in [0.15, 0.2) is 64.2 Å². The number of alkyl halides is 1. The second-order valence-electron chi connectivity index (χ2n) is 24.3. The Hall–Kier alpha value is -6.67. The van der Waals surface area contributed by atoms with E-state index in [4.69, 9.17) is 21.1 Å². The number of anilines is 2. The van der Waals surface area contributed by atoms with Crippen LogP contribution in [0.1, 0.15) is 98.2 Å². The van der Waals surface area contributed by atoms with Gasteiger partial charge in [0.25, 0.3) is 5.91 Å². The van der Waals surface area contributed by atoms with Gasteiger partial charge in [0.1, 0.15) is 53.3 Å². The zero-order chi connectivity index (χ0) is 60.9. The molecule has 6 N–H and O–H groups in total. The van der Waals surface area contributed by atoms with Gasteiger partial charge in [-0.2, -0.15) is 0 Å². The number of hydrogen-bond acceptors (Lipinski definition) is 17. The van der Waals surface area contributed by atoms with E-state index in [0.717, 1.165) is 47.9 Å². The van der Waals surface area contributed by atoms with E-state index in [0.29, 0.717) is 27.8 Å². The third-order valence-corrected chi connectivity index (χ3v) is 17.9. The van der Waals surface area contributed by atoms with Gasteiger partial charge < -0.3 is 55.7 Å². The van der Waals surface area contributed by atoms with Crippen LogP contribution in [0.25, 0.3) is 10.4 Å². The average molecular weight is 1220 g/mol. The zero-order valence-electron chi connectivity index (χ0n) is 48.6. The molecule has 454 valence electrons. The summed E-state index contributed by atoms with van der Waals surface area (Å²) in [5, 5.41) is 33.0. The van der Waals surface area contributed by atoms with E-state index in [1.807, 2.05) is 33.8 Å². The summed E-state index contributed by atoms with van der Waals surface area (Å²) in [7, 11) is 0. The highest BCUT2D eigenvalue weighted by molar-refractivity contribution is 7.99. The number of halogens is 2. The highest BCUT2D eigenvalue weighted by Gasteiger charge is 2.53. The number of benzene rings is 2. The van der Waals surface area contributed by atoms with E-state index in [1.165, 1.54) is 32.9 Å². The maximum Gasteiger partial charge on any atom is 0.407 e. The van der Waals surface area contributed by atoms with E-state index >= 15 is 0 Å². The van der Waals surface area contributed by atoms with Gasteiger partial charge in [-0.05, 0) is 88.0 Å². The molecule has 1 saturated carbocycles. The quantitative estimate of drug-likeness (QED) is 0.0518. The van der Waals surface area contributed by atoms with Crippen LogP contribution in [0, 0.1) is 17.8 Å². The van der Waals surface area contributed by atoms with Gasteiger partial charge in [-0.15, -0.1) is 11.3 Å². The molecule has 2 aromatic carbocycles. The van der Waals surface area contributed by atoms with Crippen molar-refractivity contribution in [1.29, 1.82) is 0 Å². The number of piperidine rings is 1. The molecule has 4 aromatic rings. The molecule has 0 bridgehead atoms. The van der Waals surface area contributed by atoms with Crippen LogP contribution >= 0.6 is 34.7 Å². The number of rotatable bonds is 20. The van der Waals surface area contributed by atoms with Gasteiger partial charge in [0, 0.05) is 75.8 Å². The van der Waals surface area contributed by atoms with Gasteiger partial charge in [0.2, 0.25) is 23.6 Å². The van der Waals surface area contributed by atoms with Crippen molar-refractivity contribution in [2.24, 2.45) is 10.8 Å². The number of likely N-dealkylation sites (tertiary alicyclic amines) is 1. The summed E-state index contributed by atoms with van der Waals surface area (Å²) in [6.07, 6.45) is 3.08. The number of ether oxygens (including phenoxy) is 2. The molecule has 26 heteroatoms. The number of alkyl carbamates (subject to hydrolysis) is 1. The molecule has 22 nitrogen and oxygen atoms in total. The Labute approximate surface area is 501 Å². The molecule has 2 aromatic heterocycles. The van der Waals surface area contributed by atoms with Crippen LogP contribution in [0.2, 0.25) is 5.02 Å². The zero-order valence-corrected chi connectivity index (χ0v) is 51.0. The highest BCUT2D eigenvalue weighted by Crippen LogP contribution is 2.41. The minimum absolute atomic E-state index is 0.0107. The number of thiazole rings is 1. The number of nitrogens with zero attached hydrogens (tertiary/aromatic N) is 7. The molecule has 4 aliphatic rings. The molecule has 4 atom stereocenters. The van der Waals surface area contributed by atoms with Gasteiger partial charge in [0.05, 0.1) is 45.3 Å². The van der Waals surface area contributed by atoms with Gasteiger partial charge in [0.15, 0.2) is 5.67 Å². The van der Waals surface area contributed by atoms with Crippen molar-refractivity contribution < 1.29 is 57.6 Å². The number of aliphatic carboxylic acids is 1. The minimum atomic E-state index is -2.02. The molecule has 4 fully saturated rings. The first kappa shape index (κ1) is 63.4. The monoisotopic (exact) mass is 1220 g/mol. The number of carbonyl (C=O) groups excluding carboxylic acids is 6. The topological polar surface area (TPSA) is 278 Å². The summed E-state index contributed by atoms with van der Waals surface area (Å²) >= 11 is 9.49. The SMILES string of the molecule is Cc1ncsc1-c1ccc(CNC(=O)[C@@H]2C[C@@H](O)CN2C(=O)[C@@H](NC(=O)C2(F)CC2)C(C)(C)C)c(OCCN2CCN(C(=O)CC(=O)Nc3cccc(Sc4cnc(N5CCC(C)(CNC(=O)OC(C)(C)C)CC5)cn4)c3Cl)C[C@H]2C(=O)O)c1. The number of aryl methyl sites for hydroxylation is 1. The number of carbonyl (C=O) groups is 7. The smallest absolute Gasteiger partial charge is 0.407 e. The van der Waals surface area contributed by atoms with Crippen LogP contribution in [0.4, 0.5) is 20.7 Å². The normalized spacial score (nSPS) is 19.9. The molecule has 8 rings (SSSR count). The number of carboxylic acids is 1. The van der Waals surface area contributed by atoms with E-state index in [2.05, 4.69) is 48.0 Å². The average Bonchev–Trinajstić information content (AvgIpc) is 2.93. The molecule has 0 spiro atoms. The lowest BCUT2D eigenvalue weighted by Gasteiger charge is -2.40. The van der Waals surface area contributed by atoms with Crippen molar-refractivity contribution in [2.45, 2.75) is 146 Å². The first-order valence-electron chi connectivity index (χ1n) is 28.1. The second-order valence-corrected chi connectivity index (χ2v) is 26.6. The van der Waals surface area contributed by atoms with E-state index in [1.54, 1.807) is 73.9 Å². The predicted octanol–water partition coefficient (Wildman–Crippen LogP) is 6.46. The number of piperazine rings is 1. The lowest BCUT2D eigenvalue weighted by atomic mass is 9.80. The fraction of sp³-hybridized carbons (Fsp3) is 0.552. The molecule has 6 amide bonds. The Morgan fingerprint density at radius 3 is 2.31 bits per heavy atom. The number of nitrogens with one attached hydrogen (secondary N) is 4. The third kappa shape index (κ3) is 16.2. The largest absolute Gasteiger partial charge is 0.492 e. The minimum Gasteiger partial charge on any atom is -0.492 e. The molecule has 84 heavy (non-hydrogen) atoms. The van der Waals surface area contributed by atoms with Crippen LogP contribution in [0.5, 0.6) is 5.75 Å². The van der Waals surface area contributed by atoms with Crippen molar-refractivity contribution in [2.75, 3.05) is 69.2 Å². The number of hydrogen-bond donors (Lipinski definition) is 6. The van der Waals surface area contributed by atoms with Gasteiger partial charge in [-0.3, -0.25) is 33.7 Å². The van der Waals surface area contributed by atoms with E-state index in [9.17, 15) is 48.2 Å². The first-order chi connectivity index (χ1) is 39.6. The molecule has 3 aliphatic heterocycles. The Balaban J connectivity index is 0.828. The molecule has 0 unspecified atom stereocenters. The Kier molecular flexibility index (Phi) is 19.8. The molecule has 1 aliphatic carbocycles. The molecular weight excluding hydrogens is 1150 g/mol. The number of carboxylic acid groups (broad SMARTS) is 1. The molecule has 5 heterocycles. The summed E-state index contributed by atoms with van der Waals surface area (Å²) < 4.78 is 26.5. The first-order valence-corrected chi connectivity index (χ1v) is 30.1. The summed E-state index contributed by atoms with van der Waals surface area (Å²) in [5.74, 6) is -3.30. The van der Waals surface area contributed by atoms with Gasteiger partial charge >= 0.3 is 12.1 Å². The standard InChI is InChI=1S/C58H75ClFN11O11S2/c1-34-48(83-33-65-34)35-12-13-36(27-63-50(75)39-25-37(72)30-71(39)51(76)49(55(2,3)4)67-53(79)58(60)14-15-58)41(24-35)81-23-22-68-20-21-70(31-40(68)52(77)78)46(74)26-44(73)66-38-10-9-11-42(47(38)59)84-45-29-61-43(28-62-45)69-18-16-57(8,17-19-69)32-64-54(80)82-56(5,6)7/h9-13,24,28-29,33,37,39-40,49,72H,14-23,25-27,30-32H2,1-8H3,(H,63,75)(H,64,80)(H,66,73)(H,67,79)(H,77,78)/t37-,39+,40+,49-/m1/s1. The Morgan fingerprint density at radius 1 is 0.929 bits per heavy atom. The fourth-order valence-electron chi connectivity index (χ4n) is 10.2. The van der Waals surface area contributed by atoms with Crippen molar-refractivity contribution in [3.63, 3.8) is 0 Å². The van der Waals surface area contributed by atoms with Crippen molar-refractivity contribution in [1.82, 2.24) is 45.6 Å². The van der Waals surface area contributed by atoms with E-state index < -0.39 is 88.9 Å². The Bertz CT molecular complexity index is 3090. The lowest BCUT2D eigenvalue weighted by Crippen LogP contribution is -2.59. The van der Waals surface area contributed by atoms with Crippen molar-refractivity contribution >= 4 is 87.8 Å². The summed E-state index contributed by atoms with van der Waals surface area (Å²) in [6, 6.07) is 7.18. The van der Waals surface area contributed by atoms with Crippen LogP contribution in [-0.4, -0.2) is 176 Å². The van der Waals surface area contributed by atoms with Gasteiger partial charge in [-0.1, -0.05) is 69.3 Å². The summed E-state index contributed by atoms with van der Waals surface area (Å²) in [5.41, 5.74) is 0.605. The summed E-state index contributed by atoms with van der Waals surface area (Å²) in [6.45, 7) is 16.7. The van der Waals surface area contributed by atoms with Crippen LogP contribution in [-0.2, 0) is 40.0 Å². The molecule has 3 saturated heterocycles. The fourth-order valence-corrected chi connectivity index (χ4v) is 12.1. The van der Waals surface area contributed by atoms with Gasteiger partial charge in [-0.25, -0.2) is 24.1 Å². The third-order valence-electron chi connectivity index (χ3n) is 15.4. The second kappa shape index (κ2) is 26.3. The molecule has 0 radical (unpaired) electrons. The van der Waals surface area contributed by atoms with Crippen LogP contribution in [0.3, 0.4) is 0 Å². The maximum absolute atomic E-state index is 14.7. The Morgan fingerprint density at radius 2 is 1.67 bits per heavy atom. The predicted molar refractivity (Wildman–Crippen MR) is 314 cm³/mol. The number of aromatic nitrogens is 3. The highest BCUT2D eigenvalue weighted by atomic mass is 35.5. The van der Waals surface area contributed by atoms with Crippen molar-refractivity contribution in [3.8, 4) is 16.2 Å². The molecular formula is C58H75ClFN11O11S2. The number of β-amino-alcohol motifs (C(OH)–C–C–N with tert-alkyl or cyclic N) is 1. The number of aliphatic hydroxyl groups is 1. The lowest BCUT2D eigenvalue weighted by molar-refractivity contribution is -0.149. The number of aliphatic hydroxyl groups excluding tert-OH is 1. The summed E-state index contributed by atoms with van der Waals surface area (Å²) in [4.78, 5) is 114. The number of amides is 6. The van der Waals surface area contributed by atoms with Crippen molar-refractivity contribution in [3.05, 3.63) is 70.6 Å². The van der Waals surface area contributed by atoms with E-state index in [-0.39, 0.29) is 81.3 Å².